The SMILES string of the molecule is CNS(=O)(=O)c1cccc(OC[C@@H](O)CN[C@H]2COC3(CCN(S(=O)(=O)c4c[nH]c5cccnc45)CC3)C2)c1. The lowest BCUT2D eigenvalue weighted by Crippen LogP contribution is -2.47. The third-order valence-corrected chi connectivity index (χ3v) is 10.7. The molecule has 2 saturated heterocycles. The van der Waals surface area contributed by atoms with E-state index in [0.29, 0.717) is 55.7 Å². The van der Waals surface area contributed by atoms with Gasteiger partial charge in [-0.1, -0.05) is 6.07 Å². The summed E-state index contributed by atoms with van der Waals surface area (Å²) in [7, 11) is -5.93. The second-order valence-electron chi connectivity index (χ2n) is 9.91. The van der Waals surface area contributed by atoms with Crippen molar-refractivity contribution in [3.05, 3.63) is 48.8 Å². The van der Waals surface area contributed by atoms with Crippen molar-refractivity contribution in [1.29, 1.82) is 0 Å². The number of benzene rings is 1. The fourth-order valence-electron chi connectivity index (χ4n) is 5.13. The third-order valence-electron chi connectivity index (χ3n) is 7.33. The Morgan fingerprint density at radius 2 is 2.03 bits per heavy atom. The number of nitrogens with zero attached hydrogens (tertiary/aromatic N) is 2. The van der Waals surface area contributed by atoms with Crippen LogP contribution in [0.4, 0.5) is 0 Å². The molecule has 0 saturated carbocycles. The molecular formula is C25H33N5O7S2. The third kappa shape index (κ3) is 5.96. The standard InChI is InChI=1S/C25H33N5O7S2/c1-26-38(32,33)21-5-2-4-20(12-21)36-17-19(31)14-28-18-13-25(37-16-18)7-10-30(11-8-25)39(34,35)23-15-29-22-6-3-9-27-24(22)23/h2-6,9,12,15,18-19,26,28-29,31H,7-8,10-11,13-14,16-17H2,1H3/t18-,19+/m1/s1. The van der Waals surface area contributed by atoms with Gasteiger partial charge in [0.15, 0.2) is 0 Å². The predicted octanol–water partition coefficient (Wildman–Crippen LogP) is 0.813. The summed E-state index contributed by atoms with van der Waals surface area (Å²) >= 11 is 0. The maximum Gasteiger partial charge on any atom is 0.246 e. The number of nitrogens with one attached hydrogen (secondary N) is 3. The van der Waals surface area contributed by atoms with Crippen LogP contribution in [0.25, 0.3) is 11.0 Å². The molecule has 2 atom stereocenters. The number of hydrogen-bond acceptors (Lipinski definition) is 9. The Morgan fingerprint density at radius 3 is 2.79 bits per heavy atom. The van der Waals surface area contributed by atoms with E-state index in [2.05, 4.69) is 20.0 Å². The summed E-state index contributed by atoms with van der Waals surface area (Å²) in [6.07, 6.45) is 4.14. The van der Waals surface area contributed by atoms with Crippen molar-refractivity contribution < 1.29 is 31.4 Å². The second-order valence-corrected chi connectivity index (χ2v) is 13.7. The minimum Gasteiger partial charge on any atom is -0.491 e. The number of fused-ring (bicyclic) bond motifs is 1. The van der Waals surface area contributed by atoms with Gasteiger partial charge in [-0.15, -0.1) is 0 Å². The molecule has 0 bridgehead atoms. The van der Waals surface area contributed by atoms with Crippen LogP contribution < -0.4 is 14.8 Å². The summed E-state index contributed by atoms with van der Waals surface area (Å²) in [5.41, 5.74) is 0.723. The Hall–Kier alpha value is -2.59. The highest BCUT2D eigenvalue weighted by Crippen LogP contribution is 2.38. The van der Waals surface area contributed by atoms with E-state index in [0.717, 1.165) is 0 Å². The molecule has 212 valence electrons. The normalized spacial score (nSPS) is 20.9. The van der Waals surface area contributed by atoms with Crippen LogP contribution in [0.1, 0.15) is 19.3 Å². The van der Waals surface area contributed by atoms with Gasteiger partial charge in [0.25, 0.3) is 0 Å². The molecule has 2 aliphatic heterocycles. The van der Waals surface area contributed by atoms with Crippen LogP contribution in [0.2, 0.25) is 0 Å². The number of pyridine rings is 1. The lowest BCUT2D eigenvalue weighted by atomic mass is 9.88. The zero-order chi connectivity index (χ0) is 27.7. The van der Waals surface area contributed by atoms with Crippen molar-refractivity contribution in [2.75, 3.05) is 39.9 Å². The van der Waals surface area contributed by atoms with Crippen LogP contribution in [0.15, 0.2) is 58.6 Å². The molecule has 0 amide bonds. The second kappa shape index (κ2) is 11.1. The van der Waals surface area contributed by atoms with Gasteiger partial charge in [-0.25, -0.2) is 21.6 Å². The molecule has 0 unspecified atom stereocenters. The zero-order valence-electron chi connectivity index (χ0n) is 21.5. The first-order chi connectivity index (χ1) is 18.6. The quantitative estimate of drug-likeness (QED) is 0.272. The Labute approximate surface area is 227 Å². The van der Waals surface area contributed by atoms with E-state index < -0.39 is 31.8 Å². The summed E-state index contributed by atoms with van der Waals surface area (Å²) in [6, 6.07) is 9.65. The van der Waals surface area contributed by atoms with Gasteiger partial charge in [-0.2, -0.15) is 4.31 Å². The van der Waals surface area contributed by atoms with Gasteiger partial charge in [0, 0.05) is 44.1 Å². The minimum atomic E-state index is -3.68. The number of H-pyrrole nitrogens is 1. The van der Waals surface area contributed by atoms with Crippen molar-refractivity contribution in [2.24, 2.45) is 0 Å². The maximum absolute atomic E-state index is 13.3. The molecule has 12 nitrogen and oxygen atoms in total. The highest BCUT2D eigenvalue weighted by molar-refractivity contribution is 7.89. The first-order valence-corrected chi connectivity index (χ1v) is 15.7. The van der Waals surface area contributed by atoms with Crippen LogP contribution in [-0.2, 0) is 24.8 Å². The van der Waals surface area contributed by atoms with Crippen LogP contribution in [0.3, 0.4) is 0 Å². The topological polar surface area (TPSA) is 163 Å². The minimum absolute atomic E-state index is 0.00963. The average molecular weight is 580 g/mol. The summed E-state index contributed by atoms with van der Waals surface area (Å²) < 4.78 is 66.0. The van der Waals surface area contributed by atoms with Crippen molar-refractivity contribution in [3.8, 4) is 5.75 Å². The number of sulfonamides is 2. The number of aliphatic hydroxyl groups is 1. The van der Waals surface area contributed by atoms with E-state index in [-0.39, 0.29) is 29.0 Å². The van der Waals surface area contributed by atoms with Gasteiger partial charge in [0.1, 0.15) is 28.9 Å². The molecule has 3 aromatic rings. The van der Waals surface area contributed by atoms with E-state index in [1.54, 1.807) is 30.5 Å². The fraction of sp³-hybridized carbons (Fsp3) is 0.480. The molecule has 2 aromatic heterocycles. The Morgan fingerprint density at radius 1 is 1.23 bits per heavy atom. The largest absolute Gasteiger partial charge is 0.491 e. The Balaban J connectivity index is 1.09. The van der Waals surface area contributed by atoms with E-state index in [9.17, 15) is 21.9 Å². The van der Waals surface area contributed by atoms with E-state index in [4.69, 9.17) is 9.47 Å². The molecule has 2 fully saturated rings. The summed E-state index contributed by atoms with van der Waals surface area (Å²) in [5.74, 6) is 0.346. The van der Waals surface area contributed by atoms with Crippen LogP contribution in [0.5, 0.6) is 5.75 Å². The molecule has 4 heterocycles. The highest BCUT2D eigenvalue weighted by atomic mass is 32.2. The monoisotopic (exact) mass is 579 g/mol. The zero-order valence-corrected chi connectivity index (χ0v) is 23.2. The number of ether oxygens (including phenoxy) is 2. The molecule has 1 aromatic carbocycles. The first-order valence-electron chi connectivity index (χ1n) is 12.8. The van der Waals surface area contributed by atoms with Crippen molar-refractivity contribution in [2.45, 2.75) is 46.8 Å². The summed E-state index contributed by atoms with van der Waals surface area (Å²) in [4.78, 5) is 7.49. The number of aliphatic hydroxyl groups excluding tert-OH is 1. The molecule has 2 aliphatic rings. The lowest BCUT2D eigenvalue weighted by molar-refractivity contribution is -0.0312. The van der Waals surface area contributed by atoms with E-state index in [1.165, 1.54) is 29.7 Å². The van der Waals surface area contributed by atoms with E-state index >= 15 is 0 Å². The van der Waals surface area contributed by atoms with Crippen molar-refractivity contribution in [3.63, 3.8) is 0 Å². The maximum atomic E-state index is 13.3. The van der Waals surface area contributed by atoms with Gasteiger partial charge >= 0.3 is 0 Å². The first kappa shape index (κ1) is 28.0. The van der Waals surface area contributed by atoms with Crippen molar-refractivity contribution in [1.82, 2.24) is 24.3 Å². The fourth-order valence-corrected chi connectivity index (χ4v) is 7.45. The molecule has 5 rings (SSSR count). The molecule has 4 N–H and O–H groups in total. The smallest absolute Gasteiger partial charge is 0.246 e. The van der Waals surface area contributed by atoms with Crippen LogP contribution >= 0.6 is 0 Å². The number of rotatable bonds is 10. The van der Waals surface area contributed by atoms with Gasteiger partial charge in [0.2, 0.25) is 20.0 Å². The van der Waals surface area contributed by atoms with Crippen LogP contribution in [0, 0.1) is 0 Å². The molecule has 39 heavy (non-hydrogen) atoms. The summed E-state index contributed by atoms with van der Waals surface area (Å²) in [6.45, 7) is 1.44. The average Bonchev–Trinajstić information content (AvgIpc) is 3.56. The van der Waals surface area contributed by atoms with E-state index in [1.807, 2.05) is 0 Å². The van der Waals surface area contributed by atoms with Gasteiger partial charge in [-0.05, 0) is 50.6 Å². The Kier molecular flexibility index (Phi) is 7.97. The van der Waals surface area contributed by atoms with Gasteiger partial charge in [0.05, 0.1) is 22.6 Å². The number of aromatic amines is 1. The number of hydrogen-bond donors (Lipinski definition) is 4. The number of aromatic nitrogens is 2. The highest BCUT2D eigenvalue weighted by Gasteiger charge is 2.45. The summed E-state index contributed by atoms with van der Waals surface area (Å²) in [5, 5.41) is 13.7. The number of piperidine rings is 1. The lowest BCUT2D eigenvalue weighted by Gasteiger charge is -2.37. The van der Waals surface area contributed by atoms with Crippen molar-refractivity contribution >= 4 is 31.1 Å². The molecule has 0 aliphatic carbocycles. The van der Waals surface area contributed by atoms with Gasteiger partial charge < -0.3 is 24.9 Å². The predicted molar refractivity (Wildman–Crippen MR) is 143 cm³/mol. The molecular weight excluding hydrogens is 546 g/mol. The van der Waals surface area contributed by atoms with Crippen LogP contribution in [-0.4, -0.2) is 93.9 Å². The van der Waals surface area contributed by atoms with Gasteiger partial charge in [-0.3, -0.25) is 4.98 Å². The molecule has 1 spiro atoms. The molecule has 0 radical (unpaired) electrons. The molecule has 14 heteroatoms. The Bertz CT molecular complexity index is 1520.